The highest BCUT2D eigenvalue weighted by atomic mass is 16.2. The number of piperidine rings is 1. The number of H-pyrrole nitrogens is 1. The molecule has 4 rings (SSSR count). The van der Waals surface area contributed by atoms with Gasteiger partial charge < -0.3 is 9.88 Å². The van der Waals surface area contributed by atoms with Crippen molar-refractivity contribution in [3.63, 3.8) is 0 Å². The van der Waals surface area contributed by atoms with E-state index in [-0.39, 0.29) is 5.91 Å². The molecule has 1 amide bonds. The molecule has 0 atom stereocenters. The van der Waals surface area contributed by atoms with Crippen LogP contribution in [0.3, 0.4) is 0 Å². The number of carbonyl (C=O) groups excluding carboxylic acids is 1. The van der Waals surface area contributed by atoms with Crippen LogP contribution in [-0.2, 0) is 0 Å². The summed E-state index contributed by atoms with van der Waals surface area (Å²) in [5.41, 5.74) is 2.47. The highest BCUT2D eigenvalue weighted by Gasteiger charge is 2.25. The summed E-state index contributed by atoms with van der Waals surface area (Å²) in [5.74, 6) is 0.0774. The van der Waals surface area contributed by atoms with Crippen molar-refractivity contribution in [2.45, 2.75) is 18.9 Å². The van der Waals surface area contributed by atoms with Crippen molar-refractivity contribution in [3.05, 3.63) is 42.5 Å². The smallest absolute Gasteiger partial charge is 0.253 e. The molecule has 2 aromatic heterocycles. The second-order valence-corrected chi connectivity index (χ2v) is 5.54. The lowest BCUT2D eigenvalue weighted by Crippen LogP contribution is -2.39. The van der Waals surface area contributed by atoms with Crippen molar-refractivity contribution in [1.82, 2.24) is 29.9 Å². The van der Waals surface area contributed by atoms with Crippen LogP contribution >= 0.6 is 0 Å². The van der Waals surface area contributed by atoms with Crippen LogP contribution in [-0.4, -0.2) is 48.9 Å². The summed E-state index contributed by atoms with van der Waals surface area (Å²) in [6.45, 7) is 1.48. The van der Waals surface area contributed by atoms with E-state index in [1.807, 2.05) is 34.0 Å². The van der Waals surface area contributed by atoms with Gasteiger partial charge in [0.15, 0.2) is 0 Å². The van der Waals surface area contributed by atoms with Gasteiger partial charge in [-0.15, -0.1) is 5.10 Å². The summed E-state index contributed by atoms with van der Waals surface area (Å²) in [6.07, 6.45) is 7.02. The highest BCUT2D eigenvalue weighted by Crippen LogP contribution is 2.23. The molecule has 0 bridgehead atoms. The van der Waals surface area contributed by atoms with Gasteiger partial charge in [0.25, 0.3) is 5.91 Å². The van der Waals surface area contributed by atoms with Gasteiger partial charge in [0, 0.05) is 24.8 Å². The Balaban J connectivity index is 1.47. The first-order chi connectivity index (χ1) is 10.8. The Hall–Kier alpha value is -2.70. The lowest BCUT2D eigenvalue weighted by atomic mass is 10.0. The lowest BCUT2D eigenvalue weighted by molar-refractivity contribution is 0.0689. The summed E-state index contributed by atoms with van der Waals surface area (Å²) in [7, 11) is 0. The molecular formula is C15H16N6O. The van der Waals surface area contributed by atoms with Crippen molar-refractivity contribution in [1.29, 1.82) is 0 Å². The number of likely N-dealkylation sites (tertiary alicyclic amines) is 1. The highest BCUT2D eigenvalue weighted by molar-refractivity contribution is 5.97. The topological polar surface area (TPSA) is 79.7 Å². The molecule has 0 spiro atoms. The minimum absolute atomic E-state index is 0.0774. The Morgan fingerprint density at radius 1 is 1.27 bits per heavy atom. The molecule has 0 radical (unpaired) electrons. The number of carbonyl (C=O) groups is 1. The average molecular weight is 296 g/mol. The number of hydrogen-bond donors (Lipinski definition) is 1. The summed E-state index contributed by atoms with van der Waals surface area (Å²) in [5, 5.41) is 7.89. The third-order valence-electron chi connectivity index (χ3n) is 4.23. The number of nitrogens with zero attached hydrogens (tertiary/aromatic N) is 5. The van der Waals surface area contributed by atoms with Crippen LogP contribution in [0.1, 0.15) is 29.2 Å². The maximum absolute atomic E-state index is 12.6. The van der Waals surface area contributed by atoms with Crippen LogP contribution in [0.25, 0.3) is 11.0 Å². The molecule has 3 aromatic rings. The predicted octanol–water partition coefficient (Wildman–Crippen LogP) is 1.63. The fourth-order valence-corrected chi connectivity index (χ4v) is 3.00. The van der Waals surface area contributed by atoms with Crippen LogP contribution < -0.4 is 0 Å². The Labute approximate surface area is 126 Å². The van der Waals surface area contributed by atoms with Gasteiger partial charge in [-0.25, -0.2) is 9.67 Å². The lowest BCUT2D eigenvalue weighted by Gasteiger charge is -2.31. The van der Waals surface area contributed by atoms with Crippen LogP contribution in [0.2, 0.25) is 0 Å². The average Bonchev–Trinajstić information content (AvgIpc) is 3.25. The van der Waals surface area contributed by atoms with E-state index >= 15 is 0 Å². The molecule has 0 unspecified atom stereocenters. The minimum Gasteiger partial charge on any atom is -0.345 e. The molecule has 0 saturated carbocycles. The van der Waals surface area contributed by atoms with Crippen LogP contribution in [0, 0.1) is 0 Å². The molecule has 3 heterocycles. The van der Waals surface area contributed by atoms with Crippen LogP contribution in [0.15, 0.2) is 36.9 Å². The molecule has 1 saturated heterocycles. The second-order valence-electron chi connectivity index (χ2n) is 5.54. The molecule has 1 N–H and O–H groups in total. The number of aromatic nitrogens is 5. The summed E-state index contributed by atoms with van der Waals surface area (Å²) >= 11 is 0. The van der Waals surface area contributed by atoms with E-state index in [2.05, 4.69) is 20.3 Å². The fraction of sp³-hybridized carbons (Fsp3) is 0.333. The van der Waals surface area contributed by atoms with E-state index < -0.39 is 0 Å². The molecule has 1 fully saturated rings. The summed E-state index contributed by atoms with van der Waals surface area (Å²) in [4.78, 5) is 21.7. The maximum Gasteiger partial charge on any atom is 0.253 e. The molecule has 22 heavy (non-hydrogen) atoms. The van der Waals surface area contributed by atoms with E-state index in [9.17, 15) is 4.79 Å². The summed E-state index contributed by atoms with van der Waals surface area (Å²) in [6, 6.07) is 5.92. The Morgan fingerprint density at radius 2 is 2.14 bits per heavy atom. The van der Waals surface area contributed by atoms with E-state index in [0.717, 1.165) is 37.0 Å². The van der Waals surface area contributed by atoms with Gasteiger partial charge >= 0.3 is 0 Å². The number of aromatic amines is 1. The molecule has 7 heteroatoms. The van der Waals surface area contributed by atoms with E-state index in [1.165, 1.54) is 0 Å². The van der Waals surface area contributed by atoms with Crippen molar-refractivity contribution in [2.24, 2.45) is 0 Å². The van der Waals surface area contributed by atoms with Crippen molar-refractivity contribution in [3.8, 4) is 0 Å². The standard InChI is InChI=1S/C15H16N6O/c22-15(11-1-2-13-14(9-11)17-10-16-13)20-6-3-12(4-7-20)21-8-5-18-19-21/h1-2,5,8-10,12H,3-4,6-7H2,(H,16,17). The number of hydrogen-bond acceptors (Lipinski definition) is 4. The fourth-order valence-electron chi connectivity index (χ4n) is 3.00. The first kappa shape index (κ1) is 13.0. The number of rotatable bonds is 2. The molecule has 1 aliphatic heterocycles. The van der Waals surface area contributed by atoms with E-state index in [4.69, 9.17) is 0 Å². The maximum atomic E-state index is 12.6. The molecular weight excluding hydrogens is 280 g/mol. The Morgan fingerprint density at radius 3 is 2.91 bits per heavy atom. The van der Waals surface area contributed by atoms with Gasteiger partial charge in [-0.05, 0) is 31.0 Å². The molecule has 1 aliphatic rings. The van der Waals surface area contributed by atoms with Gasteiger partial charge in [0.05, 0.1) is 29.6 Å². The molecule has 112 valence electrons. The SMILES string of the molecule is O=C(c1ccc2nc[nH]c2c1)N1CCC(n2ccnn2)CC1. The van der Waals surface area contributed by atoms with Gasteiger partial charge in [0.2, 0.25) is 0 Å². The zero-order valence-electron chi connectivity index (χ0n) is 12.0. The second kappa shape index (κ2) is 5.25. The number of imidazole rings is 1. The molecule has 0 aliphatic carbocycles. The number of benzene rings is 1. The molecule has 7 nitrogen and oxygen atoms in total. The third kappa shape index (κ3) is 2.24. The van der Waals surface area contributed by atoms with Gasteiger partial charge in [0.1, 0.15) is 0 Å². The zero-order chi connectivity index (χ0) is 14.9. The number of fused-ring (bicyclic) bond motifs is 1. The predicted molar refractivity (Wildman–Crippen MR) is 80.3 cm³/mol. The van der Waals surface area contributed by atoms with E-state index in [1.54, 1.807) is 12.5 Å². The van der Waals surface area contributed by atoms with Gasteiger partial charge in [-0.3, -0.25) is 4.79 Å². The first-order valence-electron chi connectivity index (χ1n) is 7.39. The van der Waals surface area contributed by atoms with Crippen LogP contribution in [0.5, 0.6) is 0 Å². The Kier molecular flexibility index (Phi) is 3.10. The largest absolute Gasteiger partial charge is 0.345 e. The van der Waals surface area contributed by atoms with E-state index in [0.29, 0.717) is 11.6 Å². The van der Waals surface area contributed by atoms with Gasteiger partial charge in [-0.1, -0.05) is 5.21 Å². The van der Waals surface area contributed by atoms with Gasteiger partial charge in [-0.2, -0.15) is 0 Å². The number of nitrogens with one attached hydrogen (secondary N) is 1. The normalized spacial score (nSPS) is 16.3. The van der Waals surface area contributed by atoms with Crippen molar-refractivity contribution >= 4 is 16.9 Å². The van der Waals surface area contributed by atoms with Crippen LogP contribution in [0.4, 0.5) is 0 Å². The Bertz CT molecular complexity index is 785. The quantitative estimate of drug-likeness (QED) is 0.779. The molecule has 1 aromatic carbocycles. The summed E-state index contributed by atoms with van der Waals surface area (Å²) < 4.78 is 1.89. The third-order valence-corrected chi connectivity index (χ3v) is 4.23. The zero-order valence-corrected chi connectivity index (χ0v) is 12.0. The minimum atomic E-state index is 0.0774. The van der Waals surface area contributed by atoms with Crippen molar-refractivity contribution in [2.75, 3.05) is 13.1 Å². The first-order valence-corrected chi connectivity index (χ1v) is 7.39. The number of amides is 1. The van der Waals surface area contributed by atoms with Crippen molar-refractivity contribution < 1.29 is 4.79 Å². The monoisotopic (exact) mass is 296 g/mol.